The molecule has 2 rings (SSSR count). The molecule has 6 heteroatoms. The molecule has 1 amide bonds. The molecule has 0 heterocycles. The van der Waals surface area contributed by atoms with Gasteiger partial charge in [-0.2, -0.15) is 0 Å². The van der Waals surface area contributed by atoms with E-state index in [1.807, 2.05) is 0 Å². The van der Waals surface area contributed by atoms with Crippen molar-refractivity contribution in [2.24, 2.45) is 5.73 Å². The van der Waals surface area contributed by atoms with Crippen molar-refractivity contribution in [2.75, 3.05) is 5.32 Å². The molecular weight excluding hydrogens is 282 g/mol. The number of amides is 1. The second kappa shape index (κ2) is 5.75. The van der Waals surface area contributed by atoms with Crippen LogP contribution in [0.4, 0.5) is 14.5 Å². The molecule has 0 spiro atoms. The second-order valence-corrected chi connectivity index (χ2v) is 4.46. The highest BCUT2D eigenvalue weighted by Gasteiger charge is 2.11. The molecule has 3 nitrogen and oxygen atoms in total. The Hall–Kier alpha value is -2.34. The summed E-state index contributed by atoms with van der Waals surface area (Å²) in [6.45, 7) is 0. The van der Waals surface area contributed by atoms with Crippen molar-refractivity contribution in [3.63, 3.8) is 0 Å². The van der Waals surface area contributed by atoms with Crippen LogP contribution >= 0.6 is 12.2 Å². The van der Waals surface area contributed by atoms with E-state index in [0.717, 1.165) is 12.1 Å². The highest BCUT2D eigenvalue weighted by atomic mass is 32.1. The van der Waals surface area contributed by atoms with E-state index in [1.165, 1.54) is 30.3 Å². The Morgan fingerprint density at radius 3 is 2.45 bits per heavy atom. The number of carbonyl (C=O) groups excluding carboxylic acids is 1. The summed E-state index contributed by atoms with van der Waals surface area (Å²) < 4.78 is 26.8. The van der Waals surface area contributed by atoms with Crippen molar-refractivity contribution < 1.29 is 13.6 Å². The lowest BCUT2D eigenvalue weighted by Crippen LogP contribution is -2.14. The van der Waals surface area contributed by atoms with Crippen LogP contribution in [0, 0.1) is 11.6 Å². The zero-order chi connectivity index (χ0) is 14.7. The number of anilines is 1. The smallest absolute Gasteiger partial charge is 0.255 e. The summed E-state index contributed by atoms with van der Waals surface area (Å²) in [5, 5.41) is 2.36. The van der Waals surface area contributed by atoms with Crippen LogP contribution in [0.1, 0.15) is 15.9 Å². The minimum absolute atomic E-state index is 0.0285. The molecular formula is C14H10F2N2OS. The van der Waals surface area contributed by atoms with E-state index >= 15 is 0 Å². The van der Waals surface area contributed by atoms with Gasteiger partial charge in [0.25, 0.3) is 5.91 Å². The van der Waals surface area contributed by atoms with Gasteiger partial charge >= 0.3 is 0 Å². The molecule has 20 heavy (non-hydrogen) atoms. The number of benzene rings is 2. The van der Waals surface area contributed by atoms with Crippen molar-refractivity contribution in [3.8, 4) is 0 Å². The number of thiocarbonyl (C=S) groups is 1. The lowest BCUT2D eigenvalue weighted by atomic mass is 10.1. The van der Waals surface area contributed by atoms with Gasteiger partial charge in [-0.15, -0.1) is 0 Å². The first kappa shape index (κ1) is 14.1. The highest BCUT2D eigenvalue weighted by Crippen LogP contribution is 2.17. The molecule has 0 aliphatic rings. The Morgan fingerprint density at radius 1 is 1.10 bits per heavy atom. The molecule has 0 radical (unpaired) electrons. The third-order valence-corrected chi connectivity index (χ3v) is 2.82. The molecule has 2 aromatic carbocycles. The number of nitrogens with two attached hydrogens (primary N) is 1. The van der Waals surface area contributed by atoms with E-state index in [1.54, 1.807) is 0 Å². The number of nitrogens with one attached hydrogen (secondary N) is 1. The molecule has 0 aliphatic carbocycles. The van der Waals surface area contributed by atoms with Crippen LogP contribution in [-0.4, -0.2) is 10.9 Å². The minimum Gasteiger partial charge on any atom is -0.389 e. The Balaban J connectivity index is 2.22. The van der Waals surface area contributed by atoms with Gasteiger partial charge in [0.15, 0.2) is 0 Å². The van der Waals surface area contributed by atoms with Crippen LogP contribution in [0.3, 0.4) is 0 Å². The molecule has 0 fully saturated rings. The van der Waals surface area contributed by atoms with Crippen molar-refractivity contribution in [1.29, 1.82) is 0 Å². The van der Waals surface area contributed by atoms with Gasteiger partial charge in [0.1, 0.15) is 16.6 Å². The molecule has 0 aromatic heterocycles. The Bertz CT molecular complexity index is 689. The van der Waals surface area contributed by atoms with Gasteiger partial charge in [-0.1, -0.05) is 18.3 Å². The molecule has 0 bridgehead atoms. The summed E-state index contributed by atoms with van der Waals surface area (Å²) in [5.41, 5.74) is 5.81. The third-order valence-electron chi connectivity index (χ3n) is 2.59. The van der Waals surface area contributed by atoms with Crippen molar-refractivity contribution in [2.45, 2.75) is 0 Å². The summed E-state index contributed by atoms with van der Waals surface area (Å²) in [6, 6.07) is 9.08. The van der Waals surface area contributed by atoms with E-state index in [-0.39, 0.29) is 16.2 Å². The minimum atomic E-state index is -0.667. The fourth-order valence-corrected chi connectivity index (χ4v) is 1.72. The Labute approximate surface area is 119 Å². The van der Waals surface area contributed by atoms with Gasteiger partial charge in [0, 0.05) is 11.1 Å². The largest absolute Gasteiger partial charge is 0.389 e. The van der Waals surface area contributed by atoms with E-state index in [0.29, 0.717) is 5.56 Å². The van der Waals surface area contributed by atoms with E-state index < -0.39 is 17.5 Å². The molecule has 3 N–H and O–H groups in total. The zero-order valence-corrected chi connectivity index (χ0v) is 11.0. The molecule has 0 aliphatic heterocycles. The summed E-state index contributed by atoms with van der Waals surface area (Å²) in [4.78, 5) is 11.9. The molecule has 0 saturated carbocycles. The normalized spacial score (nSPS) is 10.1. The average Bonchev–Trinajstić information content (AvgIpc) is 2.40. The zero-order valence-electron chi connectivity index (χ0n) is 10.2. The lowest BCUT2D eigenvalue weighted by molar-refractivity contribution is 0.102. The number of rotatable bonds is 3. The highest BCUT2D eigenvalue weighted by molar-refractivity contribution is 7.80. The van der Waals surface area contributed by atoms with Crippen molar-refractivity contribution in [1.82, 2.24) is 0 Å². The first-order chi connectivity index (χ1) is 9.47. The van der Waals surface area contributed by atoms with Gasteiger partial charge in [0.05, 0.1) is 5.69 Å². The summed E-state index contributed by atoms with van der Waals surface area (Å²) in [5.74, 6) is -1.81. The Kier molecular flexibility index (Phi) is 4.05. The quantitative estimate of drug-likeness (QED) is 0.855. The van der Waals surface area contributed by atoms with Crippen LogP contribution in [-0.2, 0) is 0 Å². The van der Waals surface area contributed by atoms with Crippen molar-refractivity contribution in [3.05, 3.63) is 65.2 Å². The summed E-state index contributed by atoms with van der Waals surface area (Å²) in [6.07, 6.45) is 0. The van der Waals surface area contributed by atoms with Crippen LogP contribution in [0.5, 0.6) is 0 Å². The monoisotopic (exact) mass is 292 g/mol. The molecule has 0 saturated heterocycles. The van der Waals surface area contributed by atoms with Gasteiger partial charge in [-0.25, -0.2) is 8.78 Å². The van der Waals surface area contributed by atoms with Crippen molar-refractivity contribution >= 4 is 28.8 Å². The molecule has 0 atom stereocenters. The van der Waals surface area contributed by atoms with Gasteiger partial charge in [0.2, 0.25) is 0 Å². The van der Waals surface area contributed by atoms with E-state index in [4.69, 9.17) is 18.0 Å². The first-order valence-corrected chi connectivity index (χ1v) is 6.04. The Morgan fingerprint density at radius 2 is 1.85 bits per heavy atom. The lowest BCUT2D eigenvalue weighted by Gasteiger charge is -2.08. The van der Waals surface area contributed by atoms with Crippen LogP contribution < -0.4 is 11.1 Å². The maximum absolute atomic E-state index is 13.8. The predicted octanol–water partition coefficient (Wildman–Crippen LogP) is 2.85. The molecule has 2 aromatic rings. The van der Waals surface area contributed by atoms with Gasteiger partial charge in [-0.3, -0.25) is 4.79 Å². The van der Waals surface area contributed by atoms with Crippen LogP contribution in [0.15, 0.2) is 42.5 Å². The molecule has 0 unspecified atom stereocenters. The standard InChI is InChI=1S/C14H10F2N2OS/c15-10-3-1-2-9(6-10)14(19)18-12-5-4-8(13(17)20)7-11(12)16/h1-7H,(H2,17,20)(H,18,19). The fraction of sp³-hybridized carbons (Fsp3) is 0. The third kappa shape index (κ3) is 3.16. The predicted molar refractivity (Wildman–Crippen MR) is 76.6 cm³/mol. The summed E-state index contributed by atoms with van der Waals surface area (Å²) in [7, 11) is 0. The van der Waals surface area contributed by atoms with Gasteiger partial charge in [-0.05, 0) is 36.4 Å². The fourth-order valence-electron chi connectivity index (χ4n) is 1.59. The second-order valence-electron chi connectivity index (χ2n) is 4.02. The van der Waals surface area contributed by atoms with Crippen LogP contribution in [0.25, 0.3) is 0 Å². The number of halogens is 2. The number of carbonyl (C=O) groups is 1. The maximum Gasteiger partial charge on any atom is 0.255 e. The topological polar surface area (TPSA) is 55.1 Å². The maximum atomic E-state index is 13.8. The number of hydrogen-bond acceptors (Lipinski definition) is 2. The molecule has 102 valence electrons. The average molecular weight is 292 g/mol. The summed E-state index contributed by atoms with van der Waals surface area (Å²) >= 11 is 4.73. The van der Waals surface area contributed by atoms with E-state index in [2.05, 4.69) is 5.32 Å². The number of hydrogen-bond donors (Lipinski definition) is 2. The van der Waals surface area contributed by atoms with Gasteiger partial charge < -0.3 is 11.1 Å². The SMILES string of the molecule is NC(=S)c1ccc(NC(=O)c2cccc(F)c2)c(F)c1. The van der Waals surface area contributed by atoms with Crippen LogP contribution in [0.2, 0.25) is 0 Å². The first-order valence-electron chi connectivity index (χ1n) is 5.63. The van der Waals surface area contributed by atoms with E-state index in [9.17, 15) is 13.6 Å².